The number of carboxylic acids is 1. The van der Waals surface area contributed by atoms with Crippen LogP contribution in [-0.4, -0.2) is 37.8 Å². The number of rotatable bonds is 2. The van der Waals surface area contributed by atoms with E-state index in [1.54, 1.807) is 7.11 Å². The molecule has 5 nitrogen and oxygen atoms in total. The standard InChI is InChI=1S/C11H20N2O3/c1-16-6-2-3-9-7(4-6)10(12)8(5-13-9)11(14)15/h6-10,13H,2-5,12H2,1H3,(H,14,15). The minimum absolute atomic E-state index is 0.237. The third-order valence-electron chi connectivity index (χ3n) is 4.19. The highest BCUT2D eigenvalue weighted by Crippen LogP contribution is 2.30. The van der Waals surface area contributed by atoms with E-state index < -0.39 is 11.9 Å². The maximum absolute atomic E-state index is 10.9. The average Bonchev–Trinajstić information content (AvgIpc) is 2.28. The zero-order valence-electron chi connectivity index (χ0n) is 9.59. The lowest BCUT2D eigenvalue weighted by Gasteiger charge is -2.44. The number of aliphatic carboxylic acids is 1. The Morgan fingerprint density at radius 3 is 2.88 bits per heavy atom. The monoisotopic (exact) mass is 228 g/mol. The number of hydrogen-bond donors (Lipinski definition) is 2. The molecule has 1 aliphatic heterocycles. The highest BCUT2D eigenvalue weighted by atomic mass is 16.5. The highest BCUT2D eigenvalue weighted by Gasteiger charge is 2.44. The Labute approximate surface area is 95.3 Å². The van der Waals surface area contributed by atoms with Crippen molar-refractivity contribution in [1.82, 2.24) is 0 Å². The topological polar surface area (TPSA) is 92.0 Å². The molecule has 1 aliphatic carbocycles. The number of hydrogen-bond acceptors (Lipinski definition) is 4. The molecule has 1 saturated carbocycles. The van der Waals surface area contributed by atoms with Gasteiger partial charge in [0.2, 0.25) is 0 Å². The van der Waals surface area contributed by atoms with Crippen molar-refractivity contribution in [2.24, 2.45) is 17.6 Å². The average molecular weight is 228 g/mol. The minimum atomic E-state index is -1.01. The number of carbonyl (C=O) groups is 1. The van der Waals surface area contributed by atoms with Crippen LogP contribution in [0.5, 0.6) is 0 Å². The lowest BCUT2D eigenvalue weighted by Crippen LogP contribution is -2.97. The number of carbonyl (C=O) groups excluding carboxylic acids is 1. The van der Waals surface area contributed by atoms with E-state index >= 15 is 0 Å². The van der Waals surface area contributed by atoms with Crippen LogP contribution < -0.4 is 16.2 Å². The lowest BCUT2D eigenvalue weighted by molar-refractivity contribution is -0.713. The lowest BCUT2D eigenvalue weighted by atomic mass is 9.72. The number of piperidine rings is 1. The van der Waals surface area contributed by atoms with Gasteiger partial charge in [0.05, 0.1) is 30.6 Å². The van der Waals surface area contributed by atoms with E-state index in [1.807, 2.05) is 0 Å². The Hall–Kier alpha value is -0.650. The molecule has 0 spiro atoms. The van der Waals surface area contributed by atoms with Gasteiger partial charge in [-0.2, -0.15) is 0 Å². The number of carboxylic acid groups (broad SMARTS) is 1. The molecule has 0 aromatic heterocycles. The zero-order chi connectivity index (χ0) is 11.7. The van der Waals surface area contributed by atoms with Crippen molar-refractivity contribution in [1.29, 1.82) is 0 Å². The Morgan fingerprint density at radius 1 is 1.50 bits per heavy atom. The molecule has 2 rings (SSSR count). The molecule has 0 aromatic carbocycles. The second-order valence-corrected chi connectivity index (χ2v) is 4.97. The molecule has 92 valence electrons. The molecule has 4 N–H and O–H groups in total. The van der Waals surface area contributed by atoms with E-state index in [0.717, 1.165) is 19.3 Å². The highest BCUT2D eigenvalue weighted by molar-refractivity contribution is 5.68. The molecule has 1 saturated heterocycles. The van der Waals surface area contributed by atoms with Crippen LogP contribution in [0.1, 0.15) is 19.3 Å². The van der Waals surface area contributed by atoms with E-state index in [9.17, 15) is 9.90 Å². The molecule has 16 heavy (non-hydrogen) atoms. The number of ether oxygens (including phenoxy) is 1. The van der Waals surface area contributed by atoms with E-state index in [1.165, 1.54) is 0 Å². The second-order valence-electron chi connectivity index (χ2n) is 4.97. The summed E-state index contributed by atoms with van der Waals surface area (Å²) in [7, 11) is 1.71. The van der Waals surface area contributed by atoms with Crippen LogP contribution in [0.15, 0.2) is 0 Å². The molecule has 0 amide bonds. The normalized spacial score (nSPS) is 43.8. The fourth-order valence-corrected chi connectivity index (χ4v) is 3.17. The molecule has 2 fully saturated rings. The third-order valence-corrected chi connectivity index (χ3v) is 4.19. The van der Waals surface area contributed by atoms with Crippen molar-refractivity contribution < 1.29 is 20.0 Å². The first-order chi connectivity index (χ1) is 7.63. The van der Waals surface area contributed by atoms with E-state index in [2.05, 4.69) is 5.32 Å². The van der Waals surface area contributed by atoms with Crippen molar-refractivity contribution in [2.45, 2.75) is 37.5 Å². The second kappa shape index (κ2) is 4.69. The van der Waals surface area contributed by atoms with Crippen LogP contribution in [0.3, 0.4) is 0 Å². The molecule has 5 heteroatoms. The largest absolute Gasteiger partial charge is 0.550 e. The number of quaternary nitrogens is 1. The summed E-state index contributed by atoms with van der Waals surface area (Å²) in [6, 6.07) is 0.190. The van der Waals surface area contributed by atoms with E-state index in [0.29, 0.717) is 12.6 Å². The maximum Gasteiger partial charge on any atom is 0.0904 e. The van der Waals surface area contributed by atoms with Crippen molar-refractivity contribution >= 4 is 5.97 Å². The summed E-state index contributed by atoms with van der Waals surface area (Å²) in [5.41, 5.74) is 6.06. The van der Waals surface area contributed by atoms with Crippen molar-refractivity contribution in [2.75, 3.05) is 13.7 Å². The molecule has 0 bridgehead atoms. The Morgan fingerprint density at radius 2 is 2.25 bits per heavy atom. The van der Waals surface area contributed by atoms with Crippen LogP contribution in [0.25, 0.3) is 0 Å². The summed E-state index contributed by atoms with van der Waals surface area (Å²) in [6.07, 6.45) is 3.23. The molecule has 5 atom stereocenters. The molecular formula is C11H20N2O3. The van der Waals surface area contributed by atoms with Gasteiger partial charge >= 0.3 is 0 Å². The SMILES string of the molecule is COC1CCC2[NH2+]CC(C(=O)[O-])C(N)C2C1. The molecule has 1 heterocycles. The van der Waals surface area contributed by atoms with Crippen molar-refractivity contribution in [3.05, 3.63) is 0 Å². The van der Waals surface area contributed by atoms with Gasteiger partial charge in [-0.15, -0.1) is 0 Å². The Bertz CT molecular complexity index is 272. The first-order valence-electron chi connectivity index (χ1n) is 5.96. The van der Waals surface area contributed by atoms with Gasteiger partial charge in [0.25, 0.3) is 0 Å². The van der Waals surface area contributed by atoms with Crippen LogP contribution in [-0.2, 0) is 9.53 Å². The van der Waals surface area contributed by atoms with Crippen LogP contribution in [0.4, 0.5) is 0 Å². The Balaban J connectivity index is 2.05. The summed E-state index contributed by atoms with van der Waals surface area (Å²) in [4.78, 5) is 10.9. The maximum atomic E-state index is 10.9. The van der Waals surface area contributed by atoms with E-state index in [-0.39, 0.29) is 18.1 Å². The summed E-state index contributed by atoms with van der Waals surface area (Å²) >= 11 is 0. The van der Waals surface area contributed by atoms with Gasteiger partial charge in [-0.05, 0) is 12.8 Å². The van der Waals surface area contributed by atoms with Gasteiger partial charge in [0.1, 0.15) is 0 Å². The zero-order valence-corrected chi connectivity index (χ0v) is 9.59. The minimum Gasteiger partial charge on any atom is -0.550 e. The fraction of sp³-hybridized carbons (Fsp3) is 0.909. The molecular weight excluding hydrogens is 208 g/mol. The number of nitrogens with two attached hydrogens (primary N) is 2. The first kappa shape index (κ1) is 11.8. The first-order valence-corrected chi connectivity index (χ1v) is 5.96. The van der Waals surface area contributed by atoms with Gasteiger partial charge in [0.15, 0.2) is 0 Å². The third kappa shape index (κ3) is 2.07. The van der Waals surface area contributed by atoms with Gasteiger partial charge in [-0.3, -0.25) is 0 Å². The number of fused-ring (bicyclic) bond motifs is 1. The Kier molecular flexibility index (Phi) is 3.47. The predicted molar refractivity (Wildman–Crippen MR) is 55.2 cm³/mol. The van der Waals surface area contributed by atoms with Crippen LogP contribution >= 0.6 is 0 Å². The van der Waals surface area contributed by atoms with Gasteiger partial charge in [0, 0.05) is 25.5 Å². The van der Waals surface area contributed by atoms with E-state index in [4.69, 9.17) is 10.5 Å². The molecule has 5 unspecified atom stereocenters. The summed E-state index contributed by atoms with van der Waals surface area (Å²) in [6.45, 7) is 0.558. The smallest absolute Gasteiger partial charge is 0.0904 e. The summed E-state index contributed by atoms with van der Waals surface area (Å²) < 4.78 is 5.35. The van der Waals surface area contributed by atoms with Crippen LogP contribution in [0.2, 0.25) is 0 Å². The van der Waals surface area contributed by atoms with Crippen molar-refractivity contribution in [3.8, 4) is 0 Å². The van der Waals surface area contributed by atoms with Crippen molar-refractivity contribution in [3.63, 3.8) is 0 Å². The summed E-state index contributed by atoms with van der Waals surface area (Å²) in [5.74, 6) is -1.28. The van der Waals surface area contributed by atoms with Gasteiger partial charge in [-0.1, -0.05) is 0 Å². The molecule has 0 aromatic rings. The van der Waals surface area contributed by atoms with Crippen LogP contribution in [0, 0.1) is 11.8 Å². The molecule has 2 aliphatic rings. The predicted octanol–water partition coefficient (Wildman–Crippen LogP) is -2.56. The van der Waals surface area contributed by atoms with Gasteiger partial charge < -0.3 is 25.7 Å². The van der Waals surface area contributed by atoms with Gasteiger partial charge in [-0.25, -0.2) is 0 Å². The summed E-state index contributed by atoms with van der Waals surface area (Å²) in [5, 5.41) is 13.1. The molecule has 0 radical (unpaired) electrons. The quantitative estimate of drug-likeness (QED) is 0.544. The fourth-order valence-electron chi connectivity index (χ4n) is 3.17. The number of methoxy groups -OCH3 is 1.